The highest BCUT2D eigenvalue weighted by atomic mass is 32.2. The topological polar surface area (TPSA) is 95.1 Å². The molecule has 0 spiro atoms. The van der Waals surface area contributed by atoms with Crippen LogP contribution in [0.2, 0.25) is 0 Å². The van der Waals surface area contributed by atoms with Gasteiger partial charge < -0.3 is 4.90 Å². The zero-order chi connectivity index (χ0) is 20.8. The fraction of sp³-hybridized carbons (Fsp3) is 0.316. The molecule has 3 heterocycles. The van der Waals surface area contributed by atoms with Crippen molar-refractivity contribution in [1.82, 2.24) is 14.1 Å². The number of sulfonamides is 1. The maximum absolute atomic E-state index is 12.9. The Hall–Kier alpha value is -2.56. The van der Waals surface area contributed by atoms with Crippen molar-refractivity contribution in [1.29, 1.82) is 0 Å². The van der Waals surface area contributed by atoms with Crippen LogP contribution in [0.25, 0.3) is 0 Å². The lowest BCUT2D eigenvalue weighted by Crippen LogP contribution is -2.55. The Morgan fingerprint density at radius 3 is 2.07 bits per heavy atom. The number of fused-ring (bicyclic) bond motifs is 1. The van der Waals surface area contributed by atoms with Gasteiger partial charge in [-0.1, -0.05) is 18.2 Å². The summed E-state index contributed by atoms with van der Waals surface area (Å²) < 4.78 is 26.9. The molecule has 1 unspecified atom stereocenters. The molecule has 2 aliphatic rings. The molecule has 1 fully saturated rings. The third-order valence-electron chi connectivity index (χ3n) is 5.21. The summed E-state index contributed by atoms with van der Waals surface area (Å²) in [6.07, 6.45) is 0. The number of amides is 3. The zero-order valence-electron chi connectivity index (χ0n) is 15.6. The van der Waals surface area contributed by atoms with Crippen molar-refractivity contribution in [2.45, 2.75) is 17.2 Å². The lowest BCUT2D eigenvalue weighted by atomic mass is 10.1. The van der Waals surface area contributed by atoms with Crippen LogP contribution < -0.4 is 0 Å². The number of carbonyl (C=O) groups is 3. The van der Waals surface area contributed by atoms with Crippen LogP contribution in [-0.4, -0.2) is 72.5 Å². The fourth-order valence-electron chi connectivity index (χ4n) is 3.62. The molecule has 152 valence electrons. The van der Waals surface area contributed by atoms with Gasteiger partial charge in [0.15, 0.2) is 0 Å². The van der Waals surface area contributed by atoms with E-state index in [-0.39, 0.29) is 36.3 Å². The van der Waals surface area contributed by atoms with Crippen LogP contribution in [0.4, 0.5) is 0 Å². The molecule has 0 bridgehead atoms. The van der Waals surface area contributed by atoms with Gasteiger partial charge in [-0.3, -0.25) is 19.3 Å². The van der Waals surface area contributed by atoms with Gasteiger partial charge in [0.25, 0.3) is 21.8 Å². The summed E-state index contributed by atoms with van der Waals surface area (Å²) in [5.74, 6) is -1.33. The Bertz CT molecular complexity index is 1040. The summed E-state index contributed by atoms with van der Waals surface area (Å²) in [7, 11) is -3.56. The number of imide groups is 1. The SMILES string of the molecule is CC(C(=O)N1CCN(S(=O)(=O)c2cccs2)CC1)N1C(=O)c2ccccc2C1=O. The Morgan fingerprint density at radius 2 is 1.55 bits per heavy atom. The molecule has 1 aromatic heterocycles. The van der Waals surface area contributed by atoms with Crippen LogP contribution in [0.15, 0.2) is 46.0 Å². The van der Waals surface area contributed by atoms with E-state index in [2.05, 4.69) is 0 Å². The average molecular weight is 434 g/mol. The molecular formula is C19H19N3O5S2. The molecular weight excluding hydrogens is 414 g/mol. The normalized spacial score (nSPS) is 18.8. The number of carbonyl (C=O) groups excluding carboxylic acids is 3. The maximum Gasteiger partial charge on any atom is 0.262 e. The molecule has 1 aromatic carbocycles. The number of hydrogen-bond acceptors (Lipinski definition) is 6. The van der Waals surface area contributed by atoms with Crippen molar-refractivity contribution in [2.24, 2.45) is 0 Å². The van der Waals surface area contributed by atoms with Crippen molar-refractivity contribution >= 4 is 39.1 Å². The van der Waals surface area contributed by atoms with E-state index in [1.807, 2.05) is 0 Å². The Labute approximate surface area is 172 Å². The van der Waals surface area contributed by atoms with E-state index in [0.717, 1.165) is 16.2 Å². The number of thiophene rings is 1. The smallest absolute Gasteiger partial charge is 0.262 e. The minimum absolute atomic E-state index is 0.167. The second-order valence-electron chi connectivity index (χ2n) is 6.86. The lowest BCUT2D eigenvalue weighted by Gasteiger charge is -2.36. The monoisotopic (exact) mass is 433 g/mol. The van der Waals surface area contributed by atoms with Gasteiger partial charge in [0.2, 0.25) is 5.91 Å². The van der Waals surface area contributed by atoms with Crippen molar-refractivity contribution < 1.29 is 22.8 Å². The van der Waals surface area contributed by atoms with Crippen molar-refractivity contribution in [3.63, 3.8) is 0 Å². The predicted molar refractivity (Wildman–Crippen MR) is 106 cm³/mol. The summed E-state index contributed by atoms with van der Waals surface area (Å²) in [6, 6.07) is 8.77. The number of benzene rings is 1. The van der Waals surface area contributed by atoms with Crippen molar-refractivity contribution in [3.8, 4) is 0 Å². The Balaban J connectivity index is 1.44. The highest BCUT2D eigenvalue weighted by Gasteiger charge is 2.42. The van der Waals surface area contributed by atoms with E-state index in [1.165, 1.54) is 16.1 Å². The average Bonchev–Trinajstić information content (AvgIpc) is 3.36. The van der Waals surface area contributed by atoms with Gasteiger partial charge in [-0.25, -0.2) is 8.42 Å². The summed E-state index contributed by atoms with van der Waals surface area (Å²) in [6.45, 7) is 2.27. The van der Waals surface area contributed by atoms with Crippen molar-refractivity contribution in [3.05, 3.63) is 52.9 Å². The predicted octanol–water partition coefficient (Wildman–Crippen LogP) is 1.27. The van der Waals surface area contributed by atoms with Gasteiger partial charge in [-0.15, -0.1) is 11.3 Å². The maximum atomic E-state index is 12.9. The van der Waals surface area contributed by atoms with Gasteiger partial charge in [0.05, 0.1) is 11.1 Å². The highest BCUT2D eigenvalue weighted by molar-refractivity contribution is 7.91. The van der Waals surface area contributed by atoms with Crippen LogP contribution in [0, 0.1) is 0 Å². The molecule has 2 aliphatic heterocycles. The number of nitrogens with zero attached hydrogens (tertiary/aromatic N) is 3. The zero-order valence-corrected chi connectivity index (χ0v) is 17.3. The van der Waals surface area contributed by atoms with Crippen LogP contribution in [0.5, 0.6) is 0 Å². The molecule has 4 rings (SSSR count). The largest absolute Gasteiger partial charge is 0.338 e. The molecule has 1 atom stereocenters. The van der Waals surface area contributed by atoms with E-state index >= 15 is 0 Å². The van der Waals surface area contributed by atoms with Crippen LogP contribution in [0.3, 0.4) is 0 Å². The van der Waals surface area contributed by atoms with Gasteiger partial charge in [0.1, 0.15) is 10.3 Å². The summed E-state index contributed by atoms with van der Waals surface area (Å²) >= 11 is 1.15. The quantitative estimate of drug-likeness (QED) is 0.677. The van der Waals surface area contributed by atoms with E-state index in [9.17, 15) is 22.8 Å². The van der Waals surface area contributed by atoms with Gasteiger partial charge in [0, 0.05) is 26.2 Å². The fourth-order valence-corrected chi connectivity index (χ4v) is 6.19. The minimum Gasteiger partial charge on any atom is -0.338 e. The number of piperazine rings is 1. The van der Waals surface area contributed by atoms with E-state index in [1.54, 1.807) is 41.8 Å². The van der Waals surface area contributed by atoms with Gasteiger partial charge in [-0.2, -0.15) is 4.31 Å². The van der Waals surface area contributed by atoms with E-state index < -0.39 is 27.9 Å². The van der Waals surface area contributed by atoms with Gasteiger partial charge in [-0.05, 0) is 30.5 Å². The van der Waals surface area contributed by atoms with Gasteiger partial charge >= 0.3 is 0 Å². The van der Waals surface area contributed by atoms with Crippen LogP contribution in [-0.2, 0) is 14.8 Å². The second-order valence-corrected chi connectivity index (χ2v) is 9.98. The Kier molecular flexibility index (Phi) is 5.01. The molecule has 2 aromatic rings. The number of rotatable bonds is 4. The molecule has 0 N–H and O–H groups in total. The molecule has 8 nitrogen and oxygen atoms in total. The van der Waals surface area contributed by atoms with E-state index in [4.69, 9.17) is 0 Å². The lowest BCUT2D eigenvalue weighted by molar-refractivity contribution is -0.136. The molecule has 0 saturated carbocycles. The summed E-state index contributed by atoms with van der Waals surface area (Å²) in [5, 5.41) is 1.70. The summed E-state index contributed by atoms with van der Waals surface area (Å²) in [5.41, 5.74) is 0.591. The van der Waals surface area contributed by atoms with Crippen molar-refractivity contribution in [2.75, 3.05) is 26.2 Å². The first-order valence-corrected chi connectivity index (χ1v) is 11.4. The van der Waals surface area contributed by atoms with Crippen LogP contribution >= 0.6 is 11.3 Å². The first-order chi connectivity index (χ1) is 13.8. The third kappa shape index (κ3) is 3.26. The third-order valence-corrected chi connectivity index (χ3v) is 8.48. The molecule has 10 heteroatoms. The molecule has 29 heavy (non-hydrogen) atoms. The first-order valence-electron chi connectivity index (χ1n) is 9.11. The first kappa shape index (κ1) is 19.7. The highest BCUT2D eigenvalue weighted by Crippen LogP contribution is 2.26. The standard InChI is InChI=1S/C19H19N3O5S2/c1-13(22-18(24)14-5-2-3-6-15(14)19(22)25)17(23)20-8-10-21(11-9-20)29(26,27)16-7-4-12-28-16/h2-7,12-13H,8-11H2,1H3. The minimum atomic E-state index is -3.56. The van der Waals surface area contributed by atoms with E-state index in [0.29, 0.717) is 11.1 Å². The Morgan fingerprint density at radius 1 is 0.966 bits per heavy atom. The molecule has 1 saturated heterocycles. The molecule has 0 aliphatic carbocycles. The molecule has 0 radical (unpaired) electrons. The molecule has 3 amide bonds. The summed E-state index contributed by atoms with van der Waals surface area (Å²) in [4.78, 5) is 40.6. The number of hydrogen-bond donors (Lipinski definition) is 0. The second kappa shape index (κ2) is 7.36. The van der Waals surface area contributed by atoms with Crippen LogP contribution in [0.1, 0.15) is 27.6 Å².